The zero-order valence-corrected chi connectivity index (χ0v) is 13.3. The second-order valence-electron chi connectivity index (χ2n) is 5.37. The fourth-order valence-electron chi connectivity index (χ4n) is 2.37. The molecule has 2 atom stereocenters. The number of amides is 3. The highest BCUT2D eigenvalue weighted by Crippen LogP contribution is 2.20. The van der Waals surface area contributed by atoms with Gasteiger partial charge >= 0.3 is 12.0 Å². The van der Waals surface area contributed by atoms with Crippen LogP contribution in [0.4, 0.5) is 4.79 Å². The first-order chi connectivity index (χ1) is 10.8. The Morgan fingerprint density at radius 1 is 1.22 bits per heavy atom. The van der Waals surface area contributed by atoms with E-state index in [0.29, 0.717) is 12.8 Å². The summed E-state index contributed by atoms with van der Waals surface area (Å²) in [5.41, 5.74) is 6.85. The van der Waals surface area contributed by atoms with Crippen molar-refractivity contribution in [1.29, 1.82) is 0 Å². The quantitative estimate of drug-likeness (QED) is 0.579. The van der Waals surface area contributed by atoms with E-state index in [2.05, 4.69) is 10.6 Å². The number of nitrogens with two attached hydrogens (primary N) is 1. The Kier molecular flexibility index (Phi) is 7.05. The number of nitrogens with one attached hydrogen (secondary N) is 2. The van der Waals surface area contributed by atoms with Crippen LogP contribution < -0.4 is 16.4 Å². The molecule has 7 nitrogen and oxygen atoms in total. The van der Waals surface area contributed by atoms with Gasteiger partial charge in [-0.3, -0.25) is 4.79 Å². The number of benzene rings is 1. The number of aryl methyl sites for hydroxylation is 1. The van der Waals surface area contributed by atoms with Crippen molar-refractivity contribution in [2.24, 2.45) is 5.73 Å². The Hall–Kier alpha value is -2.57. The van der Waals surface area contributed by atoms with Crippen LogP contribution in [-0.4, -0.2) is 29.1 Å². The van der Waals surface area contributed by atoms with E-state index in [-0.39, 0.29) is 6.42 Å². The summed E-state index contributed by atoms with van der Waals surface area (Å²) in [7, 11) is 0. The molecule has 0 saturated heterocycles. The topological polar surface area (TPSA) is 122 Å². The first-order valence-electron chi connectivity index (χ1n) is 7.48. The molecular weight excluding hydrogens is 298 g/mol. The molecule has 2 unspecified atom stereocenters. The maximum absolute atomic E-state index is 12.1. The minimum atomic E-state index is -1.07. The summed E-state index contributed by atoms with van der Waals surface area (Å²) in [5, 5.41) is 14.1. The van der Waals surface area contributed by atoms with E-state index in [0.717, 1.165) is 11.1 Å². The number of aliphatic carboxylic acids is 1. The van der Waals surface area contributed by atoms with Gasteiger partial charge in [0.05, 0.1) is 12.5 Å². The molecule has 0 saturated carbocycles. The van der Waals surface area contributed by atoms with E-state index in [1.54, 1.807) is 12.1 Å². The third-order valence-electron chi connectivity index (χ3n) is 3.48. The molecule has 0 spiro atoms. The maximum atomic E-state index is 12.1. The SMILES string of the molecule is CCCC(NC(=O)CC(NC(N)=O)c1ccccc1C)C(=O)O. The van der Waals surface area contributed by atoms with Gasteiger partial charge in [-0.05, 0) is 24.5 Å². The molecule has 0 aliphatic heterocycles. The Bertz CT molecular complexity index is 574. The van der Waals surface area contributed by atoms with Crippen molar-refractivity contribution in [1.82, 2.24) is 10.6 Å². The molecule has 1 aromatic carbocycles. The second kappa shape index (κ2) is 8.77. The number of carboxylic acid groups (broad SMARTS) is 1. The molecule has 126 valence electrons. The van der Waals surface area contributed by atoms with Crippen LogP contribution in [0.3, 0.4) is 0 Å². The van der Waals surface area contributed by atoms with E-state index in [1.165, 1.54) is 0 Å². The molecule has 0 aliphatic rings. The summed E-state index contributed by atoms with van der Waals surface area (Å²) in [6.07, 6.45) is 0.901. The molecule has 7 heteroatoms. The molecule has 3 amide bonds. The maximum Gasteiger partial charge on any atom is 0.326 e. The van der Waals surface area contributed by atoms with E-state index < -0.39 is 30.0 Å². The van der Waals surface area contributed by atoms with Crippen LogP contribution in [0.2, 0.25) is 0 Å². The Morgan fingerprint density at radius 3 is 2.39 bits per heavy atom. The van der Waals surface area contributed by atoms with Gasteiger partial charge in [0.25, 0.3) is 0 Å². The van der Waals surface area contributed by atoms with Crippen LogP contribution in [0.25, 0.3) is 0 Å². The third kappa shape index (κ3) is 5.98. The number of rotatable bonds is 8. The molecular formula is C16H23N3O4. The summed E-state index contributed by atoms with van der Waals surface area (Å²) in [4.78, 5) is 34.4. The first kappa shape index (κ1) is 18.5. The van der Waals surface area contributed by atoms with Gasteiger partial charge in [-0.2, -0.15) is 0 Å². The zero-order valence-electron chi connectivity index (χ0n) is 13.3. The highest BCUT2D eigenvalue weighted by Gasteiger charge is 2.23. The van der Waals surface area contributed by atoms with Gasteiger partial charge < -0.3 is 21.5 Å². The number of urea groups is 1. The lowest BCUT2D eigenvalue weighted by atomic mass is 9.98. The van der Waals surface area contributed by atoms with Crippen LogP contribution in [0.1, 0.15) is 43.4 Å². The van der Waals surface area contributed by atoms with Crippen LogP contribution in [0, 0.1) is 6.92 Å². The molecule has 0 aliphatic carbocycles. The first-order valence-corrected chi connectivity index (χ1v) is 7.48. The van der Waals surface area contributed by atoms with Crippen molar-refractivity contribution in [3.63, 3.8) is 0 Å². The van der Waals surface area contributed by atoms with Gasteiger partial charge in [0, 0.05) is 0 Å². The average Bonchev–Trinajstić information content (AvgIpc) is 2.46. The minimum Gasteiger partial charge on any atom is -0.480 e. The highest BCUT2D eigenvalue weighted by molar-refractivity contribution is 5.84. The van der Waals surface area contributed by atoms with Crippen LogP contribution in [-0.2, 0) is 9.59 Å². The molecule has 0 radical (unpaired) electrons. The van der Waals surface area contributed by atoms with Gasteiger partial charge in [0.1, 0.15) is 6.04 Å². The molecule has 5 N–H and O–H groups in total. The summed E-state index contributed by atoms with van der Waals surface area (Å²) >= 11 is 0. The molecule has 0 fully saturated rings. The Labute approximate surface area is 135 Å². The van der Waals surface area contributed by atoms with Crippen molar-refractivity contribution in [2.45, 2.75) is 45.2 Å². The number of carboxylic acids is 1. The smallest absolute Gasteiger partial charge is 0.326 e. The van der Waals surface area contributed by atoms with Gasteiger partial charge in [-0.25, -0.2) is 9.59 Å². The number of hydrogen-bond donors (Lipinski definition) is 4. The van der Waals surface area contributed by atoms with E-state index in [1.807, 2.05) is 26.0 Å². The van der Waals surface area contributed by atoms with E-state index in [9.17, 15) is 14.4 Å². The fraction of sp³-hybridized carbons (Fsp3) is 0.438. The van der Waals surface area contributed by atoms with Crippen LogP contribution in [0.5, 0.6) is 0 Å². The number of carbonyl (C=O) groups excluding carboxylic acids is 2. The predicted octanol–water partition coefficient (Wildman–Crippen LogP) is 1.46. The molecule has 0 heterocycles. The molecule has 1 aromatic rings. The van der Waals surface area contributed by atoms with Crippen molar-refractivity contribution in [2.75, 3.05) is 0 Å². The van der Waals surface area contributed by atoms with Crippen molar-refractivity contribution >= 4 is 17.9 Å². The predicted molar refractivity (Wildman–Crippen MR) is 85.7 cm³/mol. The van der Waals surface area contributed by atoms with E-state index in [4.69, 9.17) is 10.8 Å². The minimum absolute atomic E-state index is 0.0821. The number of primary amides is 1. The monoisotopic (exact) mass is 321 g/mol. The molecule has 1 rings (SSSR count). The lowest BCUT2D eigenvalue weighted by Gasteiger charge is -2.21. The Balaban J connectivity index is 2.85. The second-order valence-corrected chi connectivity index (χ2v) is 5.37. The average molecular weight is 321 g/mol. The molecule has 23 heavy (non-hydrogen) atoms. The van der Waals surface area contributed by atoms with Gasteiger partial charge in [0.2, 0.25) is 5.91 Å². The molecule has 0 aromatic heterocycles. The summed E-state index contributed by atoms with van der Waals surface area (Å²) in [6.45, 7) is 3.70. The van der Waals surface area contributed by atoms with Gasteiger partial charge in [-0.15, -0.1) is 0 Å². The van der Waals surface area contributed by atoms with E-state index >= 15 is 0 Å². The fourth-order valence-corrected chi connectivity index (χ4v) is 2.37. The van der Waals surface area contributed by atoms with Gasteiger partial charge in [-0.1, -0.05) is 37.6 Å². The Morgan fingerprint density at radius 2 is 1.87 bits per heavy atom. The zero-order chi connectivity index (χ0) is 17.4. The van der Waals surface area contributed by atoms with Crippen molar-refractivity contribution < 1.29 is 19.5 Å². The lowest BCUT2D eigenvalue weighted by Crippen LogP contribution is -2.43. The van der Waals surface area contributed by atoms with Gasteiger partial charge in [0.15, 0.2) is 0 Å². The summed E-state index contributed by atoms with van der Waals surface area (Å²) < 4.78 is 0. The van der Waals surface area contributed by atoms with Crippen molar-refractivity contribution in [3.05, 3.63) is 35.4 Å². The molecule has 0 bridgehead atoms. The summed E-state index contributed by atoms with van der Waals surface area (Å²) in [5.74, 6) is -1.52. The summed E-state index contributed by atoms with van der Waals surface area (Å²) in [6, 6.07) is 5.02. The normalized spacial score (nSPS) is 13.0. The largest absolute Gasteiger partial charge is 0.480 e. The standard InChI is InChI=1S/C16H23N3O4/c1-3-6-12(15(21)22)18-14(20)9-13(19-16(17)23)11-8-5-4-7-10(11)2/h4-5,7-8,12-13H,3,6,9H2,1-2H3,(H,18,20)(H,21,22)(H3,17,19,23). The third-order valence-corrected chi connectivity index (χ3v) is 3.48. The number of hydrogen-bond acceptors (Lipinski definition) is 3. The number of carbonyl (C=O) groups is 3. The highest BCUT2D eigenvalue weighted by atomic mass is 16.4. The lowest BCUT2D eigenvalue weighted by molar-refractivity contribution is -0.142. The van der Waals surface area contributed by atoms with Crippen LogP contribution >= 0.6 is 0 Å². The van der Waals surface area contributed by atoms with Crippen LogP contribution in [0.15, 0.2) is 24.3 Å². The van der Waals surface area contributed by atoms with Crippen molar-refractivity contribution in [3.8, 4) is 0 Å².